The second-order valence-corrected chi connectivity index (χ2v) is 8.27. The van der Waals surface area contributed by atoms with Gasteiger partial charge in [0, 0.05) is 31.0 Å². The molecule has 2 heterocycles. The highest BCUT2D eigenvalue weighted by molar-refractivity contribution is 7.99. The van der Waals surface area contributed by atoms with Gasteiger partial charge in [-0.2, -0.15) is 16.1 Å². The van der Waals surface area contributed by atoms with Crippen LogP contribution in [0.15, 0.2) is 9.31 Å². The molecule has 120 valence electrons. The second kappa shape index (κ2) is 7.17. The van der Waals surface area contributed by atoms with E-state index in [9.17, 15) is 8.42 Å². The van der Waals surface area contributed by atoms with Gasteiger partial charge in [0.2, 0.25) is 10.0 Å². The number of nitrogens with zero attached hydrogens (tertiary/aromatic N) is 1. The SMILES string of the molecule is CCNCc1c(C)oc(C)c1S(=O)(=O)N1CCCSCC1. The van der Waals surface area contributed by atoms with Gasteiger partial charge in [0.15, 0.2) is 0 Å². The number of aryl methyl sites for hydroxylation is 2. The maximum absolute atomic E-state index is 13.0. The average molecular weight is 332 g/mol. The van der Waals surface area contributed by atoms with Gasteiger partial charge in [0.1, 0.15) is 16.4 Å². The first-order valence-electron chi connectivity index (χ1n) is 7.36. The minimum atomic E-state index is -3.47. The van der Waals surface area contributed by atoms with E-state index in [1.54, 1.807) is 11.2 Å². The third-order valence-electron chi connectivity index (χ3n) is 3.66. The largest absolute Gasteiger partial charge is 0.465 e. The maximum Gasteiger partial charge on any atom is 0.246 e. The van der Waals surface area contributed by atoms with E-state index in [1.807, 2.05) is 25.6 Å². The summed E-state index contributed by atoms with van der Waals surface area (Å²) in [7, 11) is -3.47. The number of hydrogen-bond donors (Lipinski definition) is 1. The topological polar surface area (TPSA) is 62.6 Å². The molecule has 0 aromatic carbocycles. The molecule has 0 unspecified atom stereocenters. The fourth-order valence-corrected chi connectivity index (χ4v) is 5.49. The van der Waals surface area contributed by atoms with E-state index in [1.165, 1.54) is 0 Å². The van der Waals surface area contributed by atoms with Gasteiger partial charge in [0.05, 0.1) is 0 Å². The molecule has 2 rings (SSSR count). The van der Waals surface area contributed by atoms with Crippen molar-refractivity contribution in [2.45, 2.75) is 38.6 Å². The Balaban J connectivity index is 2.38. The summed E-state index contributed by atoms with van der Waals surface area (Å²) < 4.78 is 33.2. The average Bonchev–Trinajstić information content (AvgIpc) is 2.63. The zero-order chi connectivity index (χ0) is 15.5. The molecule has 1 aromatic rings. The summed E-state index contributed by atoms with van der Waals surface area (Å²) in [5.74, 6) is 3.07. The first kappa shape index (κ1) is 16.9. The lowest BCUT2D eigenvalue weighted by atomic mass is 10.2. The minimum Gasteiger partial charge on any atom is -0.465 e. The molecule has 0 bridgehead atoms. The predicted octanol–water partition coefficient (Wildman–Crippen LogP) is 2.13. The highest BCUT2D eigenvalue weighted by Crippen LogP contribution is 2.30. The normalized spacial score (nSPS) is 17.9. The van der Waals surface area contributed by atoms with Crippen LogP contribution in [-0.4, -0.2) is 43.9 Å². The van der Waals surface area contributed by atoms with Crippen molar-refractivity contribution < 1.29 is 12.8 Å². The van der Waals surface area contributed by atoms with Gasteiger partial charge in [-0.1, -0.05) is 6.92 Å². The second-order valence-electron chi connectivity index (χ2n) is 5.17. The van der Waals surface area contributed by atoms with E-state index in [-0.39, 0.29) is 0 Å². The highest BCUT2D eigenvalue weighted by Gasteiger charge is 2.32. The van der Waals surface area contributed by atoms with Crippen molar-refractivity contribution in [1.29, 1.82) is 0 Å². The van der Waals surface area contributed by atoms with Crippen molar-refractivity contribution in [3.8, 4) is 0 Å². The molecule has 0 radical (unpaired) electrons. The summed E-state index contributed by atoms with van der Waals surface area (Å²) in [5.41, 5.74) is 0.770. The number of hydrogen-bond acceptors (Lipinski definition) is 5. The molecule has 1 saturated heterocycles. The molecule has 0 spiro atoms. The van der Waals surface area contributed by atoms with Crippen molar-refractivity contribution in [2.75, 3.05) is 31.1 Å². The van der Waals surface area contributed by atoms with E-state index in [0.717, 1.165) is 30.0 Å². The van der Waals surface area contributed by atoms with Crippen molar-refractivity contribution in [3.05, 3.63) is 17.1 Å². The van der Waals surface area contributed by atoms with Gasteiger partial charge in [0.25, 0.3) is 0 Å². The lowest BCUT2D eigenvalue weighted by Gasteiger charge is -2.20. The van der Waals surface area contributed by atoms with Crippen molar-refractivity contribution in [2.24, 2.45) is 0 Å². The number of sulfonamides is 1. The zero-order valence-corrected chi connectivity index (χ0v) is 14.6. The number of nitrogens with one attached hydrogen (secondary N) is 1. The van der Waals surface area contributed by atoms with Gasteiger partial charge < -0.3 is 9.73 Å². The van der Waals surface area contributed by atoms with Gasteiger partial charge in [-0.15, -0.1) is 0 Å². The van der Waals surface area contributed by atoms with Crippen LogP contribution in [0.3, 0.4) is 0 Å². The third kappa shape index (κ3) is 3.64. The van der Waals surface area contributed by atoms with Crippen LogP contribution in [0.1, 0.15) is 30.4 Å². The smallest absolute Gasteiger partial charge is 0.246 e. The number of furan rings is 1. The van der Waals surface area contributed by atoms with Gasteiger partial charge in [-0.25, -0.2) is 8.42 Å². The molecule has 1 N–H and O–H groups in total. The van der Waals surface area contributed by atoms with E-state index in [2.05, 4.69) is 5.32 Å². The Morgan fingerprint density at radius 1 is 1.24 bits per heavy atom. The van der Waals surface area contributed by atoms with Crippen molar-refractivity contribution in [3.63, 3.8) is 0 Å². The summed E-state index contributed by atoms with van der Waals surface area (Å²) in [6.45, 7) is 8.07. The lowest BCUT2D eigenvalue weighted by molar-refractivity contribution is 0.431. The standard InChI is InChI=1S/C14H24N2O3S2/c1-4-15-10-13-11(2)19-12(3)14(13)21(17,18)16-6-5-8-20-9-7-16/h15H,4-10H2,1-3H3. The molecule has 0 amide bonds. The van der Waals surface area contributed by atoms with Crippen LogP contribution in [-0.2, 0) is 16.6 Å². The molecule has 1 aliphatic heterocycles. The Hall–Kier alpha value is -0.500. The molecule has 5 nitrogen and oxygen atoms in total. The van der Waals surface area contributed by atoms with Crippen molar-refractivity contribution >= 4 is 21.8 Å². The van der Waals surface area contributed by atoms with Crippen LogP contribution in [0.25, 0.3) is 0 Å². The van der Waals surface area contributed by atoms with Gasteiger partial charge in [-0.05, 0) is 32.6 Å². The number of thioether (sulfide) groups is 1. The van der Waals surface area contributed by atoms with Gasteiger partial charge >= 0.3 is 0 Å². The summed E-state index contributed by atoms with van der Waals surface area (Å²) in [6.07, 6.45) is 0.905. The van der Waals surface area contributed by atoms with Gasteiger partial charge in [-0.3, -0.25) is 0 Å². The molecule has 21 heavy (non-hydrogen) atoms. The number of rotatable bonds is 5. The molecular weight excluding hydrogens is 308 g/mol. The summed E-state index contributed by atoms with van der Waals surface area (Å²) >= 11 is 1.82. The molecule has 0 atom stereocenters. The Morgan fingerprint density at radius 3 is 2.71 bits per heavy atom. The van der Waals surface area contributed by atoms with Crippen LogP contribution in [0, 0.1) is 13.8 Å². The summed E-state index contributed by atoms with van der Waals surface area (Å²) in [5, 5.41) is 3.20. The zero-order valence-electron chi connectivity index (χ0n) is 12.9. The third-order valence-corrected chi connectivity index (χ3v) is 6.80. The van der Waals surface area contributed by atoms with Crippen LogP contribution in [0.5, 0.6) is 0 Å². The van der Waals surface area contributed by atoms with Crippen LogP contribution >= 0.6 is 11.8 Å². The molecular formula is C14H24N2O3S2. The van der Waals surface area contributed by atoms with E-state index in [4.69, 9.17) is 4.42 Å². The molecule has 7 heteroatoms. The molecule has 1 aliphatic rings. The summed E-state index contributed by atoms with van der Waals surface area (Å²) in [6, 6.07) is 0. The molecule has 0 saturated carbocycles. The predicted molar refractivity (Wildman–Crippen MR) is 86.3 cm³/mol. The first-order valence-corrected chi connectivity index (χ1v) is 9.95. The highest BCUT2D eigenvalue weighted by atomic mass is 32.2. The van der Waals surface area contributed by atoms with E-state index < -0.39 is 10.0 Å². The van der Waals surface area contributed by atoms with Crippen LogP contribution < -0.4 is 5.32 Å². The fraction of sp³-hybridized carbons (Fsp3) is 0.714. The molecule has 0 aliphatic carbocycles. The van der Waals surface area contributed by atoms with Crippen molar-refractivity contribution in [1.82, 2.24) is 9.62 Å². The first-order chi connectivity index (χ1) is 9.98. The quantitative estimate of drug-likeness (QED) is 0.895. The Bertz CT molecular complexity index is 573. The Morgan fingerprint density at radius 2 is 2.00 bits per heavy atom. The molecule has 1 fully saturated rings. The lowest BCUT2D eigenvalue weighted by Crippen LogP contribution is -2.34. The monoisotopic (exact) mass is 332 g/mol. The summed E-state index contributed by atoms with van der Waals surface area (Å²) in [4.78, 5) is 0.368. The molecule has 1 aromatic heterocycles. The van der Waals surface area contributed by atoms with Crippen LogP contribution in [0.4, 0.5) is 0 Å². The maximum atomic E-state index is 13.0. The fourth-order valence-electron chi connectivity index (χ4n) is 2.59. The van der Waals surface area contributed by atoms with E-state index in [0.29, 0.717) is 36.1 Å². The Labute approximate surface area is 131 Å². The Kier molecular flexibility index (Phi) is 5.76. The van der Waals surface area contributed by atoms with Crippen LogP contribution in [0.2, 0.25) is 0 Å². The minimum absolute atomic E-state index is 0.368. The van der Waals surface area contributed by atoms with E-state index >= 15 is 0 Å².